The zero-order valence-electron chi connectivity index (χ0n) is 17.9. The summed E-state index contributed by atoms with van der Waals surface area (Å²) in [7, 11) is 0. The van der Waals surface area contributed by atoms with E-state index in [4.69, 9.17) is 4.74 Å². The van der Waals surface area contributed by atoms with Gasteiger partial charge < -0.3 is 15.0 Å². The number of aryl methyl sites for hydroxylation is 1. The van der Waals surface area contributed by atoms with E-state index in [1.54, 1.807) is 6.20 Å². The largest absolute Gasteiger partial charge is 0.486 e. The number of pyridine rings is 2. The molecule has 0 amide bonds. The summed E-state index contributed by atoms with van der Waals surface area (Å²) in [5, 5.41) is 4.40. The molecule has 6 heteroatoms. The Morgan fingerprint density at radius 2 is 1.88 bits per heavy atom. The number of carbonyl (C=O) groups is 1. The summed E-state index contributed by atoms with van der Waals surface area (Å²) in [5.41, 5.74) is 6.45. The first-order valence-corrected chi connectivity index (χ1v) is 11.1. The molecule has 1 fully saturated rings. The lowest BCUT2D eigenvalue weighted by Crippen LogP contribution is -2.49. The maximum Gasteiger partial charge on any atom is 0.170 e. The highest BCUT2D eigenvalue weighted by Gasteiger charge is 2.41. The Hall–Kier alpha value is -3.51. The Labute approximate surface area is 186 Å². The first-order chi connectivity index (χ1) is 15.6. The standard InChI is InChI=1S/C26H24N4O2/c1-16-4-7-28-14-21(16)18-10-20-22(15-30-25(20)29-13-18)17-2-3-19-23(31)12-26(32-24(19)11-17)5-8-27-9-6-26/h2-4,7,10-11,13-15,27H,5-6,8-9,12H2,1H3,(H,29,30). The maximum atomic E-state index is 12.9. The van der Waals surface area contributed by atoms with Crippen molar-refractivity contribution in [1.29, 1.82) is 0 Å². The first kappa shape index (κ1) is 19.2. The number of ketones is 1. The fourth-order valence-corrected chi connectivity index (χ4v) is 4.98. The van der Waals surface area contributed by atoms with Gasteiger partial charge in [0.05, 0.1) is 12.0 Å². The molecule has 0 saturated carbocycles. The van der Waals surface area contributed by atoms with E-state index in [-0.39, 0.29) is 11.4 Å². The van der Waals surface area contributed by atoms with Crippen LogP contribution in [0, 0.1) is 6.92 Å². The number of nitrogens with zero attached hydrogens (tertiary/aromatic N) is 2. The number of carbonyl (C=O) groups excluding carboxylic acids is 1. The maximum absolute atomic E-state index is 12.9. The van der Waals surface area contributed by atoms with E-state index in [0.29, 0.717) is 17.7 Å². The minimum atomic E-state index is -0.374. The minimum Gasteiger partial charge on any atom is -0.486 e. The third-order valence-corrected chi connectivity index (χ3v) is 6.80. The van der Waals surface area contributed by atoms with Crippen LogP contribution in [-0.2, 0) is 0 Å². The summed E-state index contributed by atoms with van der Waals surface area (Å²) in [4.78, 5) is 25.1. The van der Waals surface area contributed by atoms with Gasteiger partial charge in [-0.1, -0.05) is 6.07 Å². The summed E-state index contributed by atoms with van der Waals surface area (Å²) in [6.45, 7) is 3.84. The number of ether oxygens (including phenoxy) is 1. The van der Waals surface area contributed by atoms with Crippen LogP contribution in [-0.4, -0.2) is 39.4 Å². The second-order valence-electron chi connectivity index (χ2n) is 8.86. The monoisotopic (exact) mass is 424 g/mol. The number of fused-ring (bicyclic) bond motifs is 2. The van der Waals surface area contributed by atoms with Crippen LogP contribution >= 0.6 is 0 Å². The van der Waals surface area contributed by atoms with Crippen molar-refractivity contribution in [2.75, 3.05) is 13.1 Å². The molecule has 3 aromatic heterocycles. The van der Waals surface area contributed by atoms with E-state index in [2.05, 4.69) is 33.3 Å². The van der Waals surface area contributed by atoms with Crippen molar-refractivity contribution in [2.45, 2.75) is 31.8 Å². The number of benzene rings is 1. The van der Waals surface area contributed by atoms with Gasteiger partial charge in [-0.15, -0.1) is 0 Å². The smallest absolute Gasteiger partial charge is 0.170 e. The lowest BCUT2D eigenvalue weighted by Gasteiger charge is -2.41. The molecule has 6 rings (SSSR count). The lowest BCUT2D eigenvalue weighted by atomic mass is 9.82. The van der Waals surface area contributed by atoms with Crippen molar-refractivity contribution in [2.24, 2.45) is 0 Å². The second kappa shape index (κ2) is 7.28. The number of H-pyrrole nitrogens is 1. The summed E-state index contributed by atoms with van der Waals surface area (Å²) >= 11 is 0. The van der Waals surface area contributed by atoms with Crippen molar-refractivity contribution >= 4 is 16.8 Å². The molecule has 0 bridgehead atoms. The molecule has 0 aliphatic carbocycles. The van der Waals surface area contributed by atoms with Gasteiger partial charge in [0.2, 0.25) is 0 Å². The molecule has 1 aromatic carbocycles. The van der Waals surface area contributed by atoms with Gasteiger partial charge in [-0.2, -0.15) is 0 Å². The van der Waals surface area contributed by atoms with E-state index in [0.717, 1.165) is 64.8 Å². The van der Waals surface area contributed by atoms with Gasteiger partial charge in [0.1, 0.15) is 17.0 Å². The van der Waals surface area contributed by atoms with Crippen LogP contribution in [0.25, 0.3) is 33.3 Å². The van der Waals surface area contributed by atoms with Crippen LogP contribution in [0.1, 0.15) is 35.2 Å². The van der Waals surface area contributed by atoms with Crippen molar-refractivity contribution in [3.63, 3.8) is 0 Å². The molecule has 1 spiro atoms. The van der Waals surface area contributed by atoms with Gasteiger partial charge in [-0.3, -0.25) is 9.78 Å². The van der Waals surface area contributed by atoms with Crippen LogP contribution in [0.15, 0.2) is 55.1 Å². The van der Waals surface area contributed by atoms with Gasteiger partial charge >= 0.3 is 0 Å². The van der Waals surface area contributed by atoms with Crippen molar-refractivity contribution in [3.8, 4) is 28.0 Å². The highest BCUT2D eigenvalue weighted by atomic mass is 16.5. The predicted octanol–water partition coefficient (Wildman–Crippen LogP) is 4.69. The van der Waals surface area contributed by atoms with Crippen LogP contribution in [0.4, 0.5) is 0 Å². The fourth-order valence-electron chi connectivity index (χ4n) is 4.98. The number of aromatic nitrogens is 3. The van der Waals surface area contributed by atoms with Crippen molar-refractivity contribution < 1.29 is 9.53 Å². The van der Waals surface area contributed by atoms with Gasteiger partial charge in [0.25, 0.3) is 0 Å². The van der Waals surface area contributed by atoms with Crippen LogP contribution in [0.5, 0.6) is 5.75 Å². The molecule has 1 saturated heterocycles. The molecule has 2 aliphatic heterocycles. The van der Waals surface area contributed by atoms with Crippen molar-refractivity contribution in [1.82, 2.24) is 20.3 Å². The van der Waals surface area contributed by atoms with E-state index in [1.807, 2.05) is 42.9 Å². The summed E-state index contributed by atoms with van der Waals surface area (Å²) in [5.74, 6) is 0.872. The van der Waals surface area contributed by atoms with Gasteiger partial charge in [-0.05, 0) is 55.4 Å². The zero-order chi connectivity index (χ0) is 21.7. The van der Waals surface area contributed by atoms with Gasteiger partial charge in [-0.25, -0.2) is 4.98 Å². The van der Waals surface area contributed by atoms with Crippen molar-refractivity contribution in [3.05, 3.63) is 66.2 Å². The molecule has 32 heavy (non-hydrogen) atoms. The molecule has 4 aromatic rings. The summed E-state index contributed by atoms with van der Waals surface area (Å²) in [6, 6.07) is 10.1. The Kier molecular flexibility index (Phi) is 4.36. The minimum absolute atomic E-state index is 0.176. The number of aromatic amines is 1. The molecule has 5 heterocycles. The highest BCUT2D eigenvalue weighted by Crippen LogP contribution is 2.41. The molecule has 0 atom stereocenters. The first-order valence-electron chi connectivity index (χ1n) is 11.1. The molecule has 0 radical (unpaired) electrons. The average Bonchev–Trinajstić information content (AvgIpc) is 3.23. The van der Waals surface area contributed by atoms with E-state index in [1.165, 1.54) is 0 Å². The Morgan fingerprint density at radius 1 is 1.00 bits per heavy atom. The van der Waals surface area contributed by atoms with Crippen LogP contribution < -0.4 is 10.1 Å². The number of hydrogen-bond acceptors (Lipinski definition) is 5. The molecular formula is C26H24N4O2. The third kappa shape index (κ3) is 3.10. The molecule has 2 N–H and O–H groups in total. The number of piperidine rings is 1. The lowest BCUT2D eigenvalue weighted by molar-refractivity contribution is 0.0188. The molecular weight excluding hydrogens is 400 g/mol. The topological polar surface area (TPSA) is 79.9 Å². The van der Waals surface area contributed by atoms with E-state index in [9.17, 15) is 4.79 Å². The van der Waals surface area contributed by atoms with Gasteiger partial charge in [0.15, 0.2) is 5.78 Å². The predicted molar refractivity (Wildman–Crippen MR) is 124 cm³/mol. The summed E-state index contributed by atoms with van der Waals surface area (Å²) < 4.78 is 6.50. The number of Topliss-reactive ketones (excluding diaryl/α,β-unsaturated/α-hetero) is 1. The average molecular weight is 425 g/mol. The van der Waals surface area contributed by atoms with E-state index >= 15 is 0 Å². The SMILES string of the molecule is Cc1ccncc1-c1cnc2[nH]cc(-c3ccc4c(c3)OC3(CCNCC3)CC4=O)c2c1. The van der Waals surface area contributed by atoms with Crippen LogP contribution in [0.3, 0.4) is 0 Å². The quantitative estimate of drug-likeness (QED) is 0.488. The number of rotatable bonds is 2. The third-order valence-electron chi connectivity index (χ3n) is 6.80. The second-order valence-corrected chi connectivity index (χ2v) is 8.86. The molecule has 2 aliphatic rings. The highest BCUT2D eigenvalue weighted by molar-refractivity contribution is 6.02. The molecule has 6 nitrogen and oxygen atoms in total. The summed E-state index contributed by atoms with van der Waals surface area (Å²) in [6.07, 6.45) is 9.70. The fraction of sp³-hybridized carbons (Fsp3) is 0.269. The Balaban J connectivity index is 1.43. The van der Waals surface area contributed by atoms with E-state index < -0.39 is 0 Å². The normalized spacial score (nSPS) is 17.3. The molecule has 0 unspecified atom stereocenters. The number of nitrogens with one attached hydrogen (secondary N) is 2. The van der Waals surface area contributed by atoms with Gasteiger partial charge in [0, 0.05) is 59.7 Å². The number of hydrogen-bond donors (Lipinski definition) is 2. The zero-order valence-corrected chi connectivity index (χ0v) is 17.9. The molecule has 160 valence electrons. The Bertz CT molecular complexity index is 1350. The van der Waals surface area contributed by atoms with Crippen LogP contribution in [0.2, 0.25) is 0 Å². The Morgan fingerprint density at radius 3 is 2.72 bits per heavy atom.